The summed E-state index contributed by atoms with van der Waals surface area (Å²) in [5, 5.41) is 4.79. The Morgan fingerprint density at radius 1 is 1.15 bits per heavy atom. The van der Waals surface area contributed by atoms with E-state index in [1.165, 1.54) is 16.2 Å². The quantitative estimate of drug-likeness (QED) is 0.820. The summed E-state index contributed by atoms with van der Waals surface area (Å²) in [7, 11) is -1.63. The van der Waals surface area contributed by atoms with Crippen LogP contribution in [0.2, 0.25) is 0 Å². The maximum absolute atomic E-state index is 12.3. The number of hydrogen-bond donors (Lipinski definition) is 2. The summed E-state index contributed by atoms with van der Waals surface area (Å²) in [6.07, 6.45) is 0.980. The minimum atomic E-state index is -3.44. The molecule has 0 aromatic carbocycles. The normalized spacial score (nSPS) is 11.9. The van der Waals surface area contributed by atoms with E-state index in [0.29, 0.717) is 18.0 Å². The van der Waals surface area contributed by atoms with Crippen LogP contribution in [0.25, 0.3) is 0 Å². The second-order valence-corrected chi connectivity index (χ2v) is 8.27. The zero-order chi connectivity index (χ0) is 14.6. The van der Waals surface area contributed by atoms with E-state index in [1.54, 1.807) is 17.4 Å². The summed E-state index contributed by atoms with van der Waals surface area (Å²) in [6.45, 7) is 3.00. The van der Waals surface area contributed by atoms with Gasteiger partial charge in [-0.2, -0.15) is 0 Å². The molecule has 0 radical (unpaired) electrons. The van der Waals surface area contributed by atoms with E-state index in [4.69, 9.17) is 0 Å². The van der Waals surface area contributed by atoms with Gasteiger partial charge in [-0.15, -0.1) is 22.7 Å². The lowest BCUT2D eigenvalue weighted by Gasteiger charge is -2.06. The van der Waals surface area contributed by atoms with Gasteiger partial charge in [-0.25, -0.2) is 13.1 Å². The summed E-state index contributed by atoms with van der Waals surface area (Å²) in [4.78, 5) is 3.52. The van der Waals surface area contributed by atoms with Gasteiger partial charge >= 0.3 is 0 Å². The van der Waals surface area contributed by atoms with Crippen molar-refractivity contribution in [1.82, 2.24) is 10.0 Å². The first-order chi connectivity index (χ1) is 9.56. The Morgan fingerprint density at radius 2 is 1.90 bits per heavy atom. The molecule has 0 amide bonds. The van der Waals surface area contributed by atoms with Gasteiger partial charge in [0.05, 0.1) is 4.90 Å². The minimum Gasteiger partial charge on any atom is -0.315 e. The third kappa shape index (κ3) is 3.67. The van der Waals surface area contributed by atoms with Gasteiger partial charge in [0.25, 0.3) is 0 Å². The molecule has 0 saturated heterocycles. The summed E-state index contributed by atoms with van der Waals surface area (Å²) in [6, 6.07) is 5.69. The van der Waals surface area contributed by atoms with Gasteiger partial charge in [-0.05, 0) is 37.0 Å². The van der Waals surface area contributed by atoms with Crippen LogP contribution >= 0.6 is 22.7 Å². The van der Waals surface area contributed by atoms with Crippen LogP contribution < -0.4 is 10.0 Å². The van der Waals surface area contributed by atoms with Gasteiger partial charge in [-0.1, -0.05) is 6.92 Å². The molecule has 7 heteroatoms. The van der Waals surface area contributed by atoms with Crippen LogP contribution in [0.5, 0.6) is 0 Å². The second-order valence-electron chi connectivity index (χ2n) is 4.28. The van der Waals surface area contributed by atoms with E-state index in [2.05, 4.69) is 17.0 Å². The fourth-order valence-corrected chi connectivity index (χ4v) is 5.26. The SMILES string of the molecule is CCc1ccc(CNS(=O)(=O)c2ccsc2CNC)s1. The molecule has 2 N–H and O–H groups in total. The molecule has 110 valence electrons. The van der Waals surface area contributed by atoms with Crippen LogP contribution in [0.1, 0.15) is 21.6 Å². The molecule has 0 aliphatic carbocycles. The fraction of sp³-hybridized carbons (Fsp3) is 0.385. The van der Waals surface area contributed by atoms with Crippen LogP contribution in [-0.4, -0.2) is 15.5 Å². The van der Waals surface area contributed by atoms with Crippen molar-refractivity contribution in [2.75, 3.05) is 7.05 Å². The highest BCUT2D eigenvalue weighted by atomic mass is 32.2. The van der Waals surface area contributed by atoms with Gasteiger partial charge < -0.3 is 5.32 Å². The Morgan fingerprint density at radius 3 is 2.55 bits per heavy atom. The summed E-state index contributed by atoms with van der Waals surface area (Å²) in [5.41, 5.74) is 0. The molecule has 0 aliphatic heterocycles. The molecule has 0 spiro atoms. The van der Waals surface area contributed by atoms with Crippen LogP contribution in [0, 0.1) is 0 Å². The standard InChI is InChI=1S/C13H18N2O2S3/c1-3-10-4-5-11(19-10)8-15-20(16,17)13-6-7-18-12(13)9-14-2/h4-7,14-15H,3,8-9H2,1-2H3. The van der Waals surface area contributed by atoms with Crippen LogP contribution in [-0.2, 0) is 29.5 Å². The zero-order valence-corrected chi connectivity index (χ0v) is 13.9. The van der Waals surface area contributed by atoms with Crippen molar-refractivity contribution in [3.8, 4) is 0 Å². The molecule has 0 fully saturated rings. The number of hydrogen-bond acceptors (Lipinski definition) is 5. The maximum atomic E-state index is 12.3. The molecule has 0 unspecified atom stereocenters. The molecule has 20 heavy (non-hydrogen) atoms. The topological polar surface area (TPSA) is 58.2 Å². The molecule has 4 nitrogen and oxygen atoms in total. The van der Waals surface area contributed by atoms with Crippen molar-refractivity contribution in [1.29, 1.82) is 0 Å². The first-order valence-electron chi connectivity index (χ1n) is 6.35. The molecular weight excluding hydrogens is 312 g/mol. The Kier molecular flexibility index (Phi) is 5.34. The monoisotopic (exact) mass is 330 g/mol. The number of thiophene rings is 2. The Bertz CT molecular complexity index is 659. The average molecular weight is 331 g/mol. The van der Waals surface area contributed by atoms with Crippen molar-refractivity contribution >= 4 is 32.7 Å². The van der Waals surface area contributed by atoms with E-state index < -0.39 is 10.0 Å². The van der Waals surface area contributed by atoms with Crippen molar-refractivity contribution < 1.29 is 8.42 Å². The molecule has 2 heterocycles. The lowest BCUT2D eigenvalue weighted by molar-refractivity contribution is 0.580. The Labute approximate surface area is 127 Å². The largest absolute Gasteiger partial charge is 0.315 e. The lowest BCUT2D eigenvalue weighted by Crippen LogP contribution is -2.23. The smallest absolute Gasteiger partial charge is 0.242 e. The summed E-state index contributed by atoms with van der Waals surface area (Å²) >= 11 is 3.10. The van der Waals surface area contributed by atoms with Crippen LogP contribution in [0.4, 0.5) is 0 Å². The minimum absolute atomic E-state index is 0.349. The van der Waals surface area contributed by atoms with Crippen LogP contribution in [0.15, 0.2) is 28.5 Å². The van der Waals surface area contributed by atoms with Gasteiger partial charge in [0, 0.05) is 27.7 Å². The molecule has 2 aromatic heterocycles. The fourth-order valence-electron chi connectivity index (χ4n) is 1.81. The molecule has 2 aromatic rings. The highest BCUT2D eigenvalue weighted by Crippen LogP contribution is 2.23. The molecule has 0 aliphatic rings. The summed E-state index contributed by atoms with van der Waals surface area (Å²) in [5.74, 6) is 0. The van der Waals surface area contributed by atoms with Crippen molar-refractivity contribution in [3.63, 3.8) is 0 Å². The van der Waals surface area contributed by atoms with Gasteiger partial charge in [0.15, 0.2) is 0 Å². The average Bonchev–Trinajstić information content (AvgIpc) is 3.05. The lowest BCUT2D eigenvalue weighted by atomic mass is 10.4. The zero-order valence-electron chi connectivity index (χ0n) is 11.5. The predicted molar refractivity (Wildman–Crippen MR) is 84.8 cm³/mol. The Hall–Kier alpha value is -0.730. The maximum Gasteiger partial charge on any atom is 0.242 e. The third-order valence-corrected chi connectivity index (χ3v) is 6.60. The molecule has 2 rings (SSSR count). The first-order valence-corrected chi connectivity index (χ1v) is 9.53. The molecule has 0 bridgehead atoms. The Balaban J connectivity index is 2.08. The number of aryl methyl sites for hydroxylation is 1. The predicted octanol–water partition coefficient (Wildman–Crippen LogP) is 2.57. The van der Waals surface area contributed by atoms with E-state index in [1.807, 2.05) is 24.6 Å². The third-order valence-electron chi connectivity index (χ3n) is 2.83. The van der Waals surface area contributed by atoms with Crippen molar-refractivity contribution in [2.24, 2.45) is 0 Å². The second kappa shape index (κ2) is 6.82. The van der Waals surface area contributed by atoms with Gasteiger partial charge in [-0.3, -0.25) is 0 Å². The van der Waals surface area contributed by atoms with Gasteiger partial charge in [0.2, 0.25) is 10.0 Å². The molecule has 0 atom stereocenters. The van der Waals surface area contributed by atoms with E-state index in [-0.39, 0.29) is 0 Å². The number of sulfonamides is 1. The number of rotatable bonds is 7. The number of nitrogens with one attached hydrogen (secondary N) is 2. The van der Waals surface area contributed by atoms with Crippen molar-refractivity contribution in [3.05, 3.63) is 38.2 Å². The highest BCUT2D eigenvalue weighted by molar-refractivity contribution is 7.89. The van der Waals surface area contributed by atoms with Gasteiger partial charge in [0.1, 0.15) is 0 Å². The van der Waals surface area contributed by atoms with E-state index in [0.717, 1.165) is 16.2 Å². The molecular formula is C13H18N2O2S3. The van der Waals surface area contributed by atoms with E-state index >= 15 is 0 Å². The van der Waals surface area contributed by atoms with Crippen LogP contribution in [0.3, 0.4) is 0 Å². The first kappa shape index (κ1) is 15.7. The summed E-state index contributed by atoms with van der Waals surface area (Å²) < 4.78 is 27.3. The van der Waals surface area contributed by atoms with Crippen molar-refractivity contribution in [2.45, 2.75) is 31.3 Å². The highest BCUT2D eigenvalue weighted by Gasteiger charge is 2.19. The molecule has 0 saturated carbocycles. The van der Waals surface area contributed by atoms with E-state index in [9.17, 15) is 8.42 Å².